The van der Waals surface area contributed by atoms with Crippen molar-refractivity contribution in [3.05, 3.63) is 0 Å². The summed E-state index contributed by atoms with van der Waals surface area (Å²) in [6.07, 6.45) is 1.60. The Morgan fingerprint density at radius 3 is 2.52 bits per heavy atom. The van der Waals surface area contributed by atoms with E-state index < -0.39 is 6.09 Å². The number of nitrogens with zero attached hydrogens (tertiary/aromatic N) is 2. The SMILES string of the molecule is C[C@H]1CN([C@@H](C)CN2CCC(NC(=O)O)CC2)CC[C@@H]1O. The molecule has 2 saturated heterocycles. The van der Waals surface area contributed by atoms with Crippen LogP contribution in [0.3, 0.4) is 0 Å². The van der Waals surface area contributed by atoms with Crippen molar-refractivity contribution in [1.29, 1.82) is 0 Å². The Hall–Kier alpha value is -0.850. The van der Waals surface area contributed by atoms with Crippen molar-refractivity contribution in [2.45, 2.75) is 51.3 Å². The third kappa shape index (κ3) is 4.83. The Morgan fingerprint density at radius 2 is 1.95 bits per heavy atom. The normalized spacial score (nSPS) is 31.0. The first-order valence-corrected chi connectivity index (χ1v) is 8.09. The average Bonchev–Trinajstić information content (AvgIpc) is 2.43. The van der Waals surface area contributed by atoms with Crippen LogP contribution < -0.4 is 5.32 Å². The summed E-state index contributed by atoms with van der Waals surface area (Å²) in [6, 6.07) is 0.600. The van der Waals surface area contributed by atoms with Crippen LogP contribution in [0, 0.1) is 5.92 Å². The fourth-order valence-electron chi connectivity index (χ4n) is 3.49. The average molecular weight is 299 g/mol. The number of hydrogen-bond donors (Lipinski definition) is 3. The Morgan fingerprint density at radius 1 is 1.29 bits per heavy atom. The van der Waals surface area contributed by atoms with E-state index in [0.29, 0.717) is 12.0 Å². The molecule has 2 aliphatic heterocycles. The first-order chi connectivity index (χ1) is 9.95. The summed E-state index contributed by atoms with van der Waals surface area (Å²) >= 11 is 0. The molecule has 21 heavy (non-hydrogen) atoms. The van der Waals surface area contributed by atoms with Gasteiger partial charge in [0, 0.05) is 44.8 Å². The lowest BCUT2D eigenvalue weighted by atomic mass is 9.95. The van der Waals surface area contributed by atoms with E-state index in [9.17, 15) is 9.90 Å². The molecule has 6 nitrogen and oxygen atoms in total. The molecule has 0 aromatic rings. The monoisotopic (exact) mass is 299 g/mol. The van der Waals surface area contributed by atoms with Gasteiger partial charge in [-0.05, 0) is 32.1 Å². The number of likely N-dealkylation sites (tertiary alicyclic amines) is 2. The lowest BCUT2D eigenvalue weighted by Crippen LogP contribution is -2.52. The molecule has 122 valence electrons. The quantitative estimate of drug-likeness (QED) is 0.716. The van der Waals surface area contributed by atoms with E-state index in [4.69, 9.17) is 5.11 Å². The molecular formula is C15H29N3O3. The highest BCUT2D eigenvalue weighted by molar-refractivity contribution is 5.64. The Labute approximate surface area is 127 Å². The fourth-order valence-corrected chi connectivity index (χ4v) is 3.49. The molecule has 0 aliphatic carbocycles. The molecule has 2 rings (SSSR count). The van der Waals surface area contributed by atoms with Crippen LogP contribution in [0.1, 0.15) is 33.1 Å². The molecule has 2 fully saturated rings. The number of carboxylic acid groups (broad SMARTS) is 1. The number of aliphatic hydroxyl groups is 1. The van der Waals surface area contributed by atoms with Crippen LogP contribution in [-0.4, -0.2) is 77.0 Å². The van der Waals surface area contributed by atoms with Crippen LogP contribution in [0.15, 0.2) is 0 Å². The zero-order valence-electron chi connectivity index (χ0n) is 13.2. The van der Waals surface area contributed by atoms with Gasteiger partial charge in [0.2, 0.25) is 0 Å². The minimum absolute atomic E-state index is 0.110. The van der Waals surface area contributed by atoms with Gasteiger partial charge in [0.1, 0.15) is 0 Å². The topological polar surface area (TPSA) is 76.0 Å². The molecule has 3 atom stereocenters. The number of rotatable bonds is 4. The van der Waals surface area contributed by atoms with Crippen molar-refractivity contribution in [3.63, 3.8) is 0 Å². The summed E-state index contributed by atoms with van der Waals surface area (Å²) in [5.74, 6) is 0.353. The molecule has 0 aromatic carbocycles. The highest BCUT2D eigenvalue weighted by atomic mass is 16.4. The molecule has 2 heterocycles. The van der Waals surface area contributed by atoms with E-state index in [0.717, 1.165) is 52.0 Å². The van der Waals surface area contributed by atoms with Crippen LogP contribution >= 0.6 is 0 Å². The van der Waals surface area contributed by atoms with Gasteiger partial charge in [-0.15, -0.1) is 0 Å². The van der Waals surface area contributed by atoms with Gasteiger partial charge < -0.3 is 20.4 Å². The lowest BCUT2D eigenvalue weighted by Gasteiger charge is -2.41. The van der Waals surface area contributed by atoms with Crippen LogP contribution in [-0.2, 0) is 0 Å². The van der Waals surface area contributed by atoms with Crippen molar-refractivity contribution in [2.24, 2.45) is 5.92 Å². The maximum absolute atomic E-state index is 10.6. The molecule has 3 N–H and O–H groups in total. The predicted molar refractivity (Wildman–Crippen MR) is 81.4 cm³/mol. The van der Waals surface area contributed by atoms with E-state index in [1.54, 1.807) is 0 Å². The second kappa shape index (κ2) is 7.42. The maximum Gasteiger partial charge on any atom is 0.404 e. The molecule has 6 heteroatoms. The number of piperidine rings is 2. The number of amides is 1. The fraction of sp³-hybridized carbons (Fsp3) is 0.933. The first kappa shape index (κ1) is 16.5. The predicted octanol–water partition coefficient (Wildman–Crippen LogP) is 0.810. The molecule has 0 bridgehead atoms. The van der Waals surface area contributed by atoms with E-state index in [-0.39, 0.29) is 12.1 Å². The van der Waals surface area contributed by atoms with E-state index >= 15 is 0 Å². The minimum Gasteiger partial charge on any atom is -0.465 e. The molecular weight excluding hydrogens is 270 g/mol. The highest BCUT2D eigenvalue weighted by Crippen LogP contribution is 2.20. The van der Waals surface area contributed by atoms with Crippen LogP contribution in [0.25, 0.3) is 0 Å². The summed E-state index contributed by atoms with van der Waals surface area (Å²) in [6.45, 7) is 9.27. The number of nitrogens with one attached hydrogen (secondary N) is 1. The van der Waals surface area contributed by atoms with Gasteiger partial charge in [-0.3, -0.25) is 4.90 Å². The molecule has 1 amide bonds. The van der Waals surface area contributed by atoms with Crippen molar-refractivity contribution >= 4 is 6.09 Å². The molecule has 0 unspecified atom stereocenters. The molecule has 2 aliphatic rings. The third-order valence-electron chi connectivity index (χ3n) is 4.95. The van der Waals surface area contributed by atoms with Crippen molar-refractivity contribution < 1.29 is 15.0 Å². The Bertz CT molecular complexity index is 345. The van der Waals surface area contributed by atoms with Crippen molar-refractivity contribution in [3.8, 4) is 0 Å². The van der Waals surface area contributed by atoms with Crippen LogP contribution in [0.4, 0.5) is 4.79 Å². The second-order valence-corrected chi connectivity index (χ2v) is 6.70. The van der Waals surface area contributed by atoms with Gasteiger partial charge in [-0.1, -0.05) is 6.92 Å². The maximum atomic E-state index is 10.6. The Kier molecular flexibility index (Phi) is 5.84. The van der Waals surface area contributed by atoms with Gasteiger partial charge in [0.25, 0.3) is 0 Å². The standard InChI is InChI=1S/C15H29N3O3/c1-11-9-18(8-5-14(11)19)12(2)10-17-6-3-13(4-7-17)16-15(20)21/h11-14,16,19H,3-10H2,1-2H3,(H,20,21)/t11-,12-,14-/m0/s1. The van der Waals surface area contributed by atoms with Gasteiger partial charge in [0.05, 0.1) is 6.10 Å². The van der Waals surface area contributed by atoms with E-state index in [1.165, 1.54) is 0 Å². The number of aliphatic hydroxyl groups excluding tert-OH is 1. The molecule has 0 spiro atoms. The molecule has 0 radical (unpaired) electrons. The largest absolute Gasteiger partial charge is 0.465 e. The van der Waals surface area contributed by atoms with Gasteiger partial charge in [0.15, 0.2) is 0 Å². The highest BCUT2D eigenvalue weighted by Gasteiger charge is 2.28. The zero-order chi connectivity index (χ0) is 15.4. The zero-order valence-corrected chi connectivity index (χ0v) is 13.2. The summed E-state index contributed by atoms with van der Waals surface area (Å²) in [5, 5.41) is 21.1. The van der Waals surface area contributed by atoms with Crippen LogP contribution in [0.5, 0.6) is 0 Å². The van der Waals surface area contributed by atoms with Gasteiger partial charge in [-0.25, -0.2) is 4.79 Å². The summed E-state index contributed by atoms with van der Waals surface area (Å²) in [4.78, 5) is 15.5. The minimum atomic E-state index is -0.914. The van der Waals surface area contributed by atoms with Crippen LogP contribution in [0.2, 0.25) is 0 Å². The molecule has 0 aromatic heterocycles. The Balaban J connectivity index is 1.72. The summed E-state index contributed by atoms with van der Waals surface area (Å²) < 4.78 is 0. The summed E-state index contributed by atoms with van der Waals surface area (Å²) in [5.41, 5.74) is 0. The number of hydrogen-bond acceptors (Lipinski definition) is 4. The summed E-state index contributed by atoms with van der Waals surface area (Å²) in [7, 11) is 0. The second-order valence-electron chi connectivity index (χ2n) is 6.70. The lowest BCUT2D eigenvalue weighted by molar-refractivity contribution is 0.0116. The third-order valence-corrected chi connectivity index (χ3v) is 4.95. The molecule has 0 saturated carbocycles. The van der Waals surface area contributed by atoms with E-state index in [2.05, 4.69) is 29.0 Å². The van der Waals surface area contributed by atoms with Gasteiger partial charge in [-0.2, -0.15) is 0 Å². The van der Waals surface area contributed by atoms with Gasteiger partial charge >= 0.3 is 6.09 Å². The van der Waals surface area contributed by atoms with E-state index in [1.807, 2.05) is 0 Å². The van der Waals surface area contributed by atoms with Crippen molar-refractivity contribution in [1.82, 2.24) is 15.1 Å². The van der Waals surface area contributed by atoms with Crippen molar-refractivity contribution in [2.75, 3.05) is 32.7 Å². The smallest absolute Gasteiger partial charge is 0.404 e. The first-order valence-electron chi connectivity index (χ1n) is 8.09. The number of carbonyl (C=O) groups is 1.